The van der Waals surface area contributed by atoms with Gasteiger partial charge in [-0.3, -0.25) is 4.21 Å². The summed E-state index contributed by atoms with van der Waals surface area (Å²) in [5.74, 6) is 0.276. The summed E-state index contributed by atoms with van der Waals surface area (Å²) in [4.78, 5) is 11.3. The zero-order valence-electron chi connectivity index (χ0n) is 11.6. The number of esters is 1. The highest BCUT2D eigenvalue weighted by Crippen LogP contribution is 2.26. The van der Waals surface area contributed by atoms with Gasteiger partial charge in [0.25, 0.3) is 0 Å². The van der Waals surface area contributed by atoms with Crippen molar-refractivity contribution < 1.29 is 18.1 Å². The first-order valence-electron chi connectivity index (χ1n) is 6.82. The largest absolute Gasteiger partial charge is 0.465 e. The van der Waals surface area contributed by atoms with Gasteiger partial charge in [-0.25, -0.2) is 9.18 Å². The first-order valence-corrected chi connectivity index (χ1v) is 8.30. The van der Waals surface area contributed by atoms with Gasteiger partial charge in [0.1, 0.15) is 5.82 Å². The van der Waals surface area contributed by atoms with E-state index in [2.05, 4.69) is 4.74 Å². The molecule has 0 radical (unpaired) electrons. The van der Waals surface area contributed by atoms with Crippen molar-refractivity contribution >= 4 is 16.8 Å². The number of hydrogen-bond acceptors (Lipinski definition) is 3. The molecule has 110 valence electrons. The summed E-state index contributed by atoms with van der Waals surface area (Å²) in [6.45, 7) is 0. The fourth-order valence-corrected chi connectivity index (χ4v) is 4.14. The maximum absolute atomic E-state index is 13.7. The molecule has 1 fully saturated rings. The van der Waals surface area contributed by atoms with Crippen molar-refractivity contribution in [1.82, 2.24) is 0 Å². The minimum Gasteiger partial charge on any atom is -0.465 e. The van der Waals surface area contributed by atoms with Crippen molar-refractivity contribution in [2.45, 2.75) is 31.4 Å². The van der Waals surface area contributed by atoms with Gasteiger partial charge in [-0.1, -0.05) is 18.9 Å². The fourth-order valence-electron chi connectivity index (χ4n) is 2.61. The van der Waals surface area contributed by atoms with Crippen LogP contribution >= 0.6 is 0 Å². The minimum absolute atomic E-state index is 0.0853. The van der Waals surface area contributed by atoms with E-state index < -0.39 is 22.6 Å². The molecule has 1 saturated carbocycles. The Bertz CT molecular complexity index is 510. The molecule has 0 amide bonds. The second-order valence-corrected chi connectivity index (χ2v) is 6.71. The Kier molecular flexibility index (Phi) is 5.29. The third kappa shape index (κ3) is 3.88. The SMILES string of the molecule is COC(=O)c1ccc(CS(=O)CC2CCCC2)cc1F. The molecule has 0 spiro atoms. The van der Waals surface area contributed by atoms with Crippen molar-refractivity contribution in [3.8, 4) is 0 Å². The minimum atomic E-state index is -0.971. The van der Waals surface area contributed by atoms with Gasteiger partial charge in [0.2, 0.25) is 0 Å². The summed E-state index contributed by atoms with van der Waals surface area (Å²) in [5.41, 5.74) is 0.573. The zero-order chi connectivity index (χ0) is 14.5. The zero-order valence-corrected chi connectivity index (χ0v) is 12.4. The molecule has 0 aliphatic heterocycles. The molecule has 0 heterocycles. The Morgan fingerprint density at radius 1 is 1.40 bits per heavy atom. The monoisotopic (exact) mass is 298 g/mol. The Morgan fingerprint density at radius 2 is 2.10 bits per heavy atom. The van der Waals surface area contributed by atoms with Crippen LogP contribution in [0.15, 0.2) is 18.2 Å². The number of ether oxygens (including phenoxy) is 1. The number of rotatable bonds is 5. The summed E-state index contributed by atoms with van der Waals surface area (Å²) < 4.78 is 30.3. The van der Waals surface area contributed by atoms with Gasteiger partial charge in [0.05, 0.1) is 12.7 Å². The van der Waals surface area contributed by atoms with Crippen LogP contribution < -0.4 is 0 Å². The van der Waals surface area contributed by atoms with Crippen LogP contribution in [0, 0.1) is 11.7 Å². The molecule has 1 aromatic carbocycles. The number of carbonyl (C=O) groups excluding carboxylic acids is 1. The lowest BCUT2D eigenvalue weighted by atomic mass is 10.1. The van der Waals surface area contributed by atoms with E-state index in [1.54, 1.807) is 6.07 Å². The van der Waals surface area contributed by atoms with Gasteiger partial charge in [-0.05, 0) is 36.5 Å². The molecule has 2 rings (SSSR count). The maximum atomic E-state index is 13.7. The first-order chi connectivity index (χ1) is 9.60. The van der Waals surface area contributed by atoms with E-state index in [-0.39, 0.29) is 5.56 Å². The molecule has 20 heavy (non-hydrogen) atoms. The lowest BCUT2D eigenvalue weighted by molar-refractivity contribution is 0.0595. The molecular weight excluding hydrogens is 279 g/mol. The quantitative estimate of drug-likeness (QED) is 0.785. The molecule has 5 heteroatoms. The standard InChI is InChI=1S/C15H19FO3S/c1-19-15(17)13-7-6-12(8-14(13)16)10-20(18)9-11-4-2-3-5-11/h6-8,11H,2-5,9-10H2,1H3. The normalized spacial score (nSPS) is 17.1. The lowest BCUT2D eigenvalue weighted by Gasteiger charge is -2.09. The van der Waals surface area contributed by atoms with Crippen LogP contribution in [0.2, 0.25) is 0 Å². The second kappa shape index (κ2) is 6.97. The van der Waals surface area contributed by atoms with Crippen LogP contribution in [-0.4, -0.2) is 23.0 Å². The average molecular weight is 298 g/mol. The van der Waals surface area contributed by atoms with Gasteiger partial charge in [-0.2, -0.15) is 0 Å². The van der Waals surface area contributed by atoms with Crippen molar-refractivity contribution in [2.75, 3.05) is 12.9 Å². The highest BCUT2D eigenvalue weighted by molar-refractivity contribution is 7.84. The van der Waals surface area contributed by atoms with Crippen molar-refractivity contribution in [1.29, 1.82) is 0 Å². The third-order valence-electron chi connectivity index (χ3n) is 3.66. The van der Waals surface area contributed by atoms with Gasteiger partial charge >= 0.3 is 5.97 Å². The lowest BCUT2D eigenvalue weighted by Crippen LogP contribution is -2.10. The molecule has 0 aromatic heterocycles. The molecule has 1 aliphatic rings. The highest BCUT2D eigenvalue weighted by Gasteiger charge is 2.18. The summed E-state index contributed by atoms with van der Waals surface area (Å²) in [6.07, 6.45) is 4.76. The van der Waals surface area contributed by atoms with E-state index in [4.69, 9.17) is 0 Å². The van der Waals surface area contributed by atoms with E-state index in [0.29, 0.717) is 23.0 Å². The Hall–Kier alpha value is -1.23. The van der Waals surface area contributed by atoms with Gasteiger partial charge in [0, 0.05) is 22.3 Å². The molecule has 1 aliphatic carbocycles. The topological polar surface area (TPSA) is 43.4 Å². The van der Waals surface area contributed by atoms with Crippen LogP contribution in [0.5, 0.6) is 0 Å². The highest BCUT2D eigenvalue weighted by atomic mass is 32.2. The summed E-state index contributed by atoms with van der Waals surface area (Å²) >= 11 is 0. The van der Waals surface area contributed by atoms with E-state index >= 15 is 0 Å². The number of benzene rings is 1. The van der Waals surface area contributed by atoms with Gasteiger partial charge in [0.15, 0.2) is 0 Å². The molecule has 1 aromatic rings. The smallest absolute Gasteiger partial charge is 0.340 e. The average Bonchev–Trinajstić information content (AvgIpc) is 2.90. The number of methoxy groups -OCH3 is 1. The molecule has 1 atom stereocenters. The Balaban J connectivity index is 1.97. The maximum Gasteiger partial charge on any atom is 0.340 e. The molecule has 3 nitrogen and oxygen atoms in total. The molecule has 0 bridgehead atoms. The van der Waals surface area contributed by atoms with E-state index in [9.17, 15) is 13.4 Å². The van der Waals surface area contributed by atoms with Crippen LogP contribution in [0.1, 0.15) is 41.6 Å². The van der Waals surface area contributed by atoms with Crippen molar-refractivity contribution in [2.24, 2.45) is 5.92 Å². The van der Waals surface area contributed by atoms with Crippen LogP contribution in [0.4, 0.5) is 4.39 Å². The summed E-state index contributed by atoms with van der Waals surface area (Å²) in [5, 5.41) is 0. The Labute approximate surface area is 121 Å². The number of hydrogen-bond donors (Lipinski definition) is 0. The van der Waals surface area contributed by atoms with Crippen LogP contribution in [0.3, 0.4) is 0 Å². The second-order valence-electron chi connectivity index (χ2n) is 5.21. The van der Waals surface area contributed by atoms with Crippen molar-refractivity contribution in [3.05, 3.63) is 35.1 Å². The predicted octanol–water partition coefficient (Wildman–Crippen LogP) is 3.05. The summed E-state index contributed by atoms with van der Waals surface area (Å²) in [6, 6.07) is 4.31. The number of carbonyl (C=O) groups is 1. The van der Waals surface area contributed by atoms with Gasteiger partial charge in [-0.15, -0.1) is 0 Å². The van der Waals surface area contributed by atoms with Gasteiger partial charge < -0.3 is 4.74 Å². The van der Waals surface area contributed by atoms with E-state index in [0.717, 1.165) is 12.8 Å². The molecular formula is C15H19FO3S. The predicted molar refractivity (Wildman–Crippen MR) is 76.4 cm³/mol. The van der Waals surface area contributed by atoms with E-state index in [1.165, 1.54) is 32.1 Å². The molecule has 0 saturated heterocycles. The van der Waals surface area contributed by atoms with Crippen LogP contribution in [-0.2, 0) is 21.3 Å². The Morgan fingerprint density at radius 3 is 2.70 bits per heavy atom. The number of halogens is 1. The van der Waals surface area contributed by atoms with E-state index in [1.807, 2.05) is 0 Å². The fraction of sp³-hybridized carbons (Fsp3) is 0.533. The molecule has 1 unspecified atom stereocenters. The third-order valence-corrected chi connectivity index (χ3v) is 5.16. The molecule has 0 N–H and O–H groups in total. The first kappa shape index (κ1) is 15.2. The van der Waals surface area contributed by atoms with Crippen molar-refractivity contribution in [3.63, 3.8) is 0 Å². The van der Waals surface area contributed by atoms with Crippen LogP contribution in [0.25, 0.3) is 0 Å². The summed E-state index contributed by atoms with van der Waals surface area (Å²) in [7, 11) is 0.244.